The van der Waals surface area contributed by atoms with Gasteiger partial charge in [0.05, 0.1) is 6.10 Å². The lowest BCUT2D eigenvalue weighted by molar-refractivity contribution is 0.170. The SMILES string of the molecule is CC(NCC(O)c1ccccc1)c1ccc(F)cc1F. The van der Waals surface area contributed by atoms with E-state index in [0.717, 1.165) is 11.6 Å². The molecule has 20 heavy (non-hydrogen) atoms. The Kier molecular flexibility index (Phi) is 4.82. The zero-order valence-electron chi connectivity index (χ0n) is 11.2. The molecule has 2 aromatic rings. The first-order valence-corrected chi connectivity index (χ1v) is 6.49. The summed E-state index contributed by atoms with van der Waals surface area (Å²) in [5.41, 5.74) is 1.18. The van der Waals surface area contributed by atoms with Gasteiger partial charge in [0.15, 0.2) is 0 Å². The van der Waals surface area contributed by atoms with Gasteiger partial charge in [-0.25, -0.2) is 8.78 Å². The van der Waals surface area contributed by atoms with Crippen molar-refractivity contribution in [2.45, 2.75) is 19.1 Å². The van der Waals surface area contributed by atoms with Crippen LogP contribution in [0.25, 0.3) is 0 Å². The van der Waals surface area contributed by atoms with Gasteiger partial charge in [0.2, 0.25) is 0 Å². The van der Waals surface area contributed by atoms with Crippen LogP contribution in [0.4, 0.5) is 8.78 Å². The Bertz CT molecular complexity index is 560. The van der Waals surface area contributed by atoms with Crippen molar-refractivity contribution >= 4 is 0 Å². The molecule has 2 rings (SSSR count). The molecule has 0 aliphatic rings. The van der Waals surface area contributed by atoms with E-state index < -0.39 is 17.7 Å². The monoisotopic (exact) mass is 277 g/mol. The van der Waals surface area contributed by atoms with Crippen molar-refractivity contribution in [3.05, 3.63) is 71.3 Å². The first-order chi connectivity index (χ1) is 9.58. The molecule has 0 heterocycles. The van der Waals surface area contributed by atoms with Crippen molar-refractivity contribution in [1.82, 2.24) is 5.32 Å². The highest BCUT2D eigenvalue weighted by Crippen LogP contribution is 2.19. The molecule has 0 amide bonds. The highest BCUT2D eigenvalue weighted by Gasteiger charge is 2.13. The number of hydrogen-bond acceptors (Lipinski definition) is 2. The summed E-state index contributed by atoms with van der Waals surface area (Å²) in [5.74, 6) is -1.18. The summed E-state index contributed by atoms with van der Waals surface area (Å²) in [6.07, 6.45) is -0.665. The predicted octanol–water partition coefficient (Wildman–Crippen LogP) is 3.35. The third kappa shape index (κ3) is 3.62. The van der Waals surface area contributed by atoms with Crippen molar-refractivity contribution in [2.75, 3.05) is 6.54 Å². The summed E-state index contributed by atoms with van der Waals surface area (Å²) in [6, 6.07) is 12.4. The molecule has 0 bridgehead atoms. The molecule has 0 aliphatic heterocycles. The van der Waals surface area contributed by atoms with Gasteiger partial charge >= 0.3 is 0 Å². The number of rotatable bonds is 5. The third-order valence-electron chi connectivity index (χ3n) is 3.23. The van der Waals surface area contributed by atoms with Gasteiger partial charge in [-0.15, -0.1) is 0 Å². The molecule has 2 N–H and O–H groups in total. The van der Waals surface area contributed by atoms with Crippen LogP contribution in [0.15, 0.2) is 48.5 Å². The largest absolute Gasteiger partial charge is 0.387 e. The molecule has 0 aliphatic carbocycles. The molecule has 0 saturated carbocycles. The molecule has 106 valence electrons. The lowest BCUT2D eigenvalue weighted by Gasteiger charge is -2.18. The van der Waals surface area contributed by atoms with E-state index >= 15 is 0 Å². The Hall–Kier alpha value is -1.78. The number of hydrogen-bond donors (Lipinski definition) is 2. The number of halogens is 2. The summed E-state index contributed by atoms with van der Waals surface area (Å²) in [7, 11) is 0. The van der Waals surface area contributed by atoms with Crippen LogP contribution >= 0.6 is 0 Å². The number of nitrogens with one attached hydrogen (secondary N) is 1. The van der Waals surface area contributed by atoms with Gasteiger partial charge in [-0.05, 0) is 18.6 Å². The predicted molar refractivity (Wildman–Crippen MR) is 74.2 cm³/mol. The fourth-order valence-electron chi connectivity index (χ4n) is 2.04. The summed E-state index contributed by atoms with van der Waals surface area (Å²) in [6.45, 7) is 2.07. The van der Waals surface area contributed by atoms with Crippen LogP contribution in [0.3, 0.4) is 0 Å². The van der Waals surface area contributed by atoms with E-state index in [9.17, 15) is 13.9 Å². The van der Waals surface area contributed by atoms with E-state index in [-0.39, 0.29) is 6.04 Å². The molecule has 2 aromatic carbocycles. The number of aliphatic hydroxyl groups is 1. The summed E-state index contributed by atoms with van der Waals surface area (Å²) >= 11 is 0. The van der Waals surface area contributed by atoms with Gasteiger partial charge in [-0.1, -0.05) is 36.4 Å². The minimum absolute atomic E-state index is 0.294. The maximum absolute atomic E-state index is 13.6. The smallest absolute Gasteiger partial charge is 0.130 e. The van der Waals surface area contributed by atoms with E-state index in [0.29, 0.717) is 12.1 Å². The molecule has 0 saturated heterocycles. The van der Waals surface area contributed by atoms with Gasteiger partial charge < -0.3 is 10.4 Å². The molecule has 0 fully saturated rings. The van der Waals surface area contributed by atoms with Gasteiger partial charge in [0, 0.05) is 24.2 Å². The topological polar surface area (TPSA) is 32.3 Å². The first-order valence-electron chi connectivity index (χ1n) is 6.49. The fraction of sp³-hybridized carbons (Fsp3) is 0.250. The maximum Gasteiger partial charge on any atom is 0.130 e. The minimum Gasteiger partial charge on any atom is -0.387 e. The zero-order valence-corrected chi connectivity index (χ0v) is 11.2. The Labute approximate surface area is 117 Å². The van der Waals surface area contributed by atoms with Gasteiger partial charge in [0.25, 0.3) is 0 Å². The second kappa shape index (κ2) is 6.59. The first kappa shape index (κ1) is 14.6. The van der Waals surface area contributed by atoms with Crippen LogP contribution in [0.2, 0.25) is 0 Å². The molecule has 0 spiro atoms. The quantitative estimate of drug-likeness (QED) is 0.878. The average molecular weight is 277 g/mol. The zero-order chi connectivity index (χ0) is 14.5. The molecular formula is C16H17F2NO. The second-order valence-corrected chi connectivity index (χ2v) is 4.72. The van der Waals surface area contributed by atoms with Crippen LogP contribution in [0.1, 0.15) is 30.2 Å². The Morgan fingerprint density at radius 3 is 2.45 bits per heavy atom. The van der Waals surface area contributed by atoms with Crippen molar-refractivity contribution in [3.63, 3.8) is 0 Å². The van der Waals surface area contributed by atoms with Crippen molar-refractivity contribution in [3.8, 4) is 0 Å². The Balaban J connectivity index is 1.96. The average Bonchev–Trinajstić information content (AvgIpc) is 2.45. The van der Waals surface area contributed by atoms with Crippen molar-refractivity contribution < 1.29 is 13.9 Å². The Morgan fingerprint density at radius 1 is 1.10 bits per heavy atom. The van der Waals surface area contributed by atoms with E-state index in [1.54, 1.807) is 6.92 Å². The van der Waals surface area contributed by atoms with E-state index in [1.165, 1.54) is 12.1 Å². The lowest BCUT2D eigenvalue weighted by atomic mass is 10.1. The standard InChI is InChI=1S/C16H17F2NO/c1-11(14-8-7-13(17)9-15(14)18)19-10-16(20)12-5-3-2-4-6-12/h2-9,11,16,19-20H,10H2,1H3. The third-order valence-corrected chi connectivity index (χ3v) is 3.23. The summed E-state index contributed by atoms with van der Waals surface area (Å²) < 4.78 is 26.5. The highest BCUT2D eigenvalue weighted by molar-refractivity contribution is 5.22. The normalized spacial score (nSPS) is 14.0. The Morgan fingerprint density at radius 2 is 1.80 bits per heavy atom. The minimum atomic E-state index is -0.665. The maximum atomic E-state index is 13.6. The van der Waals surface area contributed by atoms with Gasteiger partial charge in [0.1, 0.15) is 11.6 Å². The molecule has 2 unspecified atom stereocenters. The fourth-order valence-corrected chi connectivity index (χ4v) is 2.04. The van der Waals surface area contributed by atoms with Crippen molar-refractivity contribution in [2.24, 2.45) is 0 Å². The molecule has 0 aromatic heterocycles. The summed E-state index contributed by atoms with van der Waals surface area (Å²) in [4.78, 5) is 0. The van der Waals surface area contributed by atoms with Gasteiger partial charge in [-0.3, -0.25) is 0 Å². The highest BCUT2D eigenvalue weighted by atomic mass is 19.1. The van der Waals surface area contributed by atoms with Gasteiger partial charge in [-0.2, -0.15) is 0 Å². The number of benzene rings is 2. The lowest BCUT2D eigenvalue weighted by Crippen LogP contribution is -2.25. The van der Waals surface area contributed by atoms with Crippen LogP contribution in [0, 0.1) is 11.6 Å². The molecular weight excluding hydrogens is 260 g/mol. The number of aliphatic hydroxyl groups excluding tert-OH is 1. The van der Waals surface area contributed by atoms with E-state index in [4.69, 9.17) is 0 Å². The molecule has 0 radical (unpaired) electrons. The van der Waals surface area contributed by atoms with Crippen LogP contribution in [-0.4, -0.2) is 11.7 Å². The van der Waals surface area contributed by atoms with E-state index in [1.807, 2.05) is 30.3 Å². The molecule has 2 atom stereocenters. The van der Waals surface area contributed by atoms with E-state index in [2.05, 4.69) is 5.32 Å². The van der Waals surface area contributed by atoms with Crippen LogP contribution < -0.4 is 5.32 Å². The summed E-state index contributed by atoms with van der Waals surface area (Å²) in [5, 5.41) is 13.1. The van der Waals surface area contributed by atoms with Crippen molar-refractivity contribution in [1.29, 1.82) is 0 Å². The van der Waals surface area contributed by atoms with Crippen LogP contribution in [0.5, 0.6) is 0 Å². The molecule has 2 nitrogen and oxygen atoms in total. The second-order valence-electron chi connectivity index (χ2n) is 4.72. The molecule has 4 heteroatoms. The van der Waals surface area contributed by atoms with Crippen LogP contribution in [-0.2, 0) is 0 Å².